The summed E-state index contributed by atoms with van der Waals surface area (Å²) in [5, 5.41) is 3.52. The second-order valence-corrected chi connectivity index (χ2v) is 6.29. The molecule has 0 bridgehead atoms. The smallest absolute Gasteiger partial charge is 0.0136 e. The van der Waals surface area contributed by atoms with Crippen LogP contribution in [0.4, 0.5) is 0 Å². The zero-order chi connectivity index (χ0) is 12.3. The Hall–Kier alpha value is -0.0800. The van der Waals surface area contributed by atoms with Crippen LogP contribution in [0.1, 0.15) is 52.4 Å². The summed E-state index contributed by atoms with van der Waals surface area (Å²) >= 11 is 0. The summed E-state index contributed by atoms with van der Waals surface area (Å²) in [5.74, 6) is 1.89. The van der Waals surface area contributed by atoms with Gasteiger partial charge >= 0.3 is 0 Å². The molecule has 0 aromatic carbocycles. The van der Waals surface area contributed by atoms with Gasteiger partial charge in [0, 0.05) is 12.1 Å². The van der Waals surface area contributed by atoms with Gasteiger partial charge in [-0.25, -0.2) is 0 Å². The van der Waals surface area contributed by atoms with Crippen LogP contribution < -0.4 is 5.32 Å². The molecule has 0 aromatic heterocycles. The van der Waals surface area contributed by atoms with Crippen molar-refractivity contribution < 1.29 is 0 Å². The molecule has 0 saturated heterocycles. The number of hydrogen-bond donors (Lipinski definition) is 1. The number of nitrogens with one attached hydrogen (secondary N) is 1. The summed E-state index contributed by atoms with van der Waals surface area (Å²) in [5.41, 5.74) is 0. The van der Waals surface area contributed by atoms with E-state index in [0.29, 0.717) is 0 Å². The SMILES string of the molecule is CCNCC1CCC1N(C)C1CCC(C)CC1. The Morgan fingerprint density at radius 2 is 1.76 bits per heavy atom. The minimum absolute atomic E-state index is 0.868. The Bertz CT molecular complexity index is 221. The number of hydrogen-bond acceptors (Lipinski definition) is 2. The van der Waals surface area contributed by atoms with Crippen molar-refractivity contribution in [2.45, 2.75) is 64.5 Å². The third kappa shape index (κ3) is 3.23. The third-order valence-electron chi connectivity index (χ3n) is 5.12. The molecular formula is C15H30N2. The fourth-order valence-corrected chi connectivity index (χ4v) is 3.58. The normalized spacial score (nSPS) is 38.1. The van der Waals surface area contributed by atoms with Gasteiger partial charge in [-0.05, 0) is 70.5 Å². The van der Waals surface area contributed by atoms with E-state index in [1.165, 1.54) is 45.1 Å². The number of rotatable bonds is 5. The van der Waals surface area contributed by atoms with Gasteiger partial charge in [0.1, 0.15) is 0 Å². The predicted molar refractivity (Wildman–Crippen MR) is 74.2 cm³/mol. The molecule has 0 aromatic rings. The lowest BCUT2D eigenvalue weighted by Gasteiger charge is -2.47. The Balaban J connectivity index is 1.77. The van der Waals surface area contributed by atoms with E-state index >= 15 is 0 Å². The Kier molecular flexibility index (Phi) is 4.87. The molecule has 17 heavy (non-hydrogen) atoms. The van der Waals surface area contributed by atoms with Gasteiger partial charge in [-0.1, -0.05) is 13.8 Å². The summed E-state index contributed by atoms with van der Waals surface area (Å²) in [6.07, 6.45) is 8.62. The molecule has 0 amide bonds. The highest BCUT2D eigenvalue weighted by Crippen LogP contribution is 2.35. The second-order valence-electron chi connectivity index (χ2n) is 6.29. The summed E-state index contributed by atoms with van der Waals surface area (Å²) < 4.78 is 0. The first-order valence-electron chi connectivity index (χ1n) is 7.65. The maximum absolute atomic E-state index is 3.52. The van der Waals surface area contributed by atoms with E-state index in [1.54, 1.807) is 0 Å². The standard InChI is InChI=1S/C15H30N2/c1-4-16-11-13-7-10-15(13)17(3)14-8-5-12(2)6-9-14/h12-16H,4-11H2,1-3H3. The first kappa shape index (κ1) is 13.4. The van der Waals surface area contributed by atoms with Crippen LogP contribution in [0.5, 0.6) is 0 Å². The van der Waals surface area contributed by atoms with Crippen molar-refractivity contribution >= 4 is 0 Å². The van der Waals surface area contributed by atoms with Gasteiger partial charge in [0.15, 0.2) is 0 Å². The van der Waals surface area contributed by atoms with Crippen LogP contribution in [0.3, 0.4) is 0 Å². The molecule has 0 radical (unpaired) electrons. The van der Waals surface area contributed by atoms with Crippen molar-refractivity contribution in [1.82, 2.24) is 10.2 Å². The Labute approximate surface area is 107 Å². The fraction of sp³-hybridized carbons (Fsp3) is 1.00. The summed E-state index contributed by atoms with van der Waals surface area (Å²) in [7, 11) is 2.38. The molecule has 2 nitrogen and oxygen atoms in total. The van der Waals surface area contributed by atoms with Gasteiger partial charge in [-0.15, -0.1) is 0 Å². The van der Waals surface area contributed by atoms with Crippen molar-refractivity contribution in [2.24, 2.45) is 11.8 Å². The molecule has 0 aliphatic heterocycles. The summed E-state index contributed by atoms with van der Waals surface area (Å²) in [6, 6.07) is 1.74. The molecule has 2 atom stereocenters. The van der Waals surface area contributed by atoms with Crippen LogP contribution in [-0.4, -0.2) is 37.1 Å². The van der Waals surface area contributed by atoms with E-state index in [0.717, 1.165) is 30.5 Å². The molecule has 0 spiro atoms. The van der Waals surface area contributed by atoms with E-state index < -0.39 is 0 Å². The largest absolute Gasteiger partial charge is 0.317 e. The van der Waals surface area contributed by atoms with E-state index in [-0.39, 0.29) is 0 Å². The van der Waals surface area contributed by atoms with Gasteiger partial charge in [-0.2, -0.15) is 0 Å². The molecule has 2 aliphatic carbocycles. The van der Waals surface area contributed by atoms with Gasteiger partial charge in [0.05, 0.1) is 0 Å². The van der Waals surface area contributed by atoms with E-state index in [4.69, 9.17) is 0 Å². The number of nitrogens with zero attached hydrogens (tertiary/aromatic N) is 1. The molecule has 1 N–H and O–H groups in total. The minimum Gasteiger partial charge on any atom is -0.317 e. The van der Waals surface area contributed by atoms with Crippen LogP contribution in [0, 0.1) is 11.8 Å². The zero-order valence-electron chi connectivity index (χ0n) is 11.9. The fourth-order valence-electron chi connectivity index (χ4n) is 3.58. The van der Waals surface area contributed by atoms with Crippen molar-refractivity contribution in [3.05, 3.63) is 0 Å². The maximum atomic E-state index is 3.52. The van der Waals surface area contributed by atoms with Crippen LogP contribution in [0.15, 0.2) is 0 Å². The maximum Gasteiger partial charge on any atom is 0.0136 e. The second kappa shape index (κ2) is 6.19. The molecule has 2 unspecified atom stereocenters. The lowest BCUT2D eigenvalue weighted by Crippen LogP contribution is -2.53. The highest BCUT2D eigenvalue weighted by Gasteiger charge is 2.36. The summed E-state index contributed by atoms with van der Waals surface area (Å²) in [4.78, 5) is 2.72. The molecule has 0 heterocycles. The van der Waals surface area contributed by atoms with Crippen LogP contribution >= 0.6 is 0 Å². The van der Waals surface area contributed by atoms with Crippen LogP contribution in [0.2, 0.25) is 0 Å². The van der Waals surface area contributed by atoms with Crippen molar-refractivity contribution in [3.63, 3.8) is 0 Å². The molecule has 100 valence electrons. The molecular weight excluding hydrogens is 208 g/mol. The topological polar surface area (TPSA) is 15.3 Å². The average molecular weight is 238 g/mol. The molecule has 2 heteroatoms. The molecule has 2 saturated carbocycles. The molecule has 2 fully saturated rings. The minimum atomic E-state index is 0.868. The summed E-state index contributed by atoms with van der Waals surface area (Å²) in [6.45, 7) is 6.97. The highest BCUT2D eigenvalue weighted by molar-refractivity contribution is 4.92. The van der Waals surface area contributed by atoms with Crippen LogP contribution in [0.25, 0.3) is 0 Å². The first-order valence-corrected chi connectivity index (χ1v) is 7.65. The highest BCUT2D eigenvalue weighted by atomic mass is 15.2. The Morgan fingerprint density at radius 3 is 2.29 bits per heavy atom. The van der Waals surface area contributed by atoms with Gasteiger partial charge in [0.2, 0.25) is 0 Å². The molecule has 2 aliphatic rings. The quantitative estimate of drug-likeness (QED) is 0.792. The van der Waals surface area contributed by atoms with Crippen molar-refractivity contribution in [3.8, 4) is 0 Å². The van der Waals surface area contributed by atoms with Gasteiger partial charge in [-0.3, -0.25) is 0 Å². The van der Waals surface area contributed by atoms with E-state index in [2.05, 4.69) is 31.1 Å². The zero-order valence-corrected chi connectivity index (χ0v) is 11.9. The average Bonchev–Trinajstić information content (AvgIpc) is 2.29. The molecule has 2 rings (SSSR count). The monoisotopic (exact) mass is 238 g/mol. The van der Waals surface area contributed by atoms with E-state index in [1.807, 2.05) is 0 Å². The van der Waals surface area contributed by atoms with Gasteiger partial charge < -0.3 is 10.2 Å². The third-order valence-corrected chi connectivity index (χ3v) is 5.12. The van der Waals surface area contributed by atoms with Crippen LogP contribution in [-0.2, 0) is 0 Å². The van der Waals surface area contributed by atoms with Crippen molar-refractivity contribution in [2.75, 3.05) is 20.1 Å². The Morgan fingerprint density at radius 1 is 1.06 bits per heavy atom. The van der Waals surface area contributed by atoms with Gasteiger partial charge in [0.25, 0.3) is 0 Å². The predicted octanol–water partition coefficient (Wildman–Crippen LogP) is 2.89. The lowest BCUT2D eigenvalue weighted by molar-refractivity contribution is 0.0315. The van der Waals surface area contributed by atoms with Crippen molar-refractivity contribution in [1.29, 1.82) is 0 Å². The first-order chi connectivity index (χ1) is 8.22. The van der Waals surface area contributed by atoms with E-state index in [9.17, 15) is 0 Å². The lowest BCUT2D eigenvalue weighted by atomic mass is 9.76.